The zero-order chi connectivity index (χ0) is 9.90. The summed E-state index contributed by atoms with van der Waals surface area (Å²) in [6.45, 7) is 11.7. The number of hydrogen-bond donors (Lipinski definition) is 1. The van der Waals surface area contributed by atoms with Gasteiger partial charge in [0.25, 0.3) is 0 Å². The largest absolute Gasteiger partial charge is 0.249 e. The Balaban J connectivity index is 2.41. The van der Waals surface area contributed by atoms with Gasteiger partial charge in [-0.3, -0.25) is 0 Å². The molecule has 0 bridgehead atoms. The van der Waals surface area contributed by atoms with Crippen molar-refractivity contribution >= 4 is 0 Å². The van der Waals surface area contributed by atoms with Gasteiger partial charge in [0.05, 0.1) is 0 Å². The molecule has 0 aromatic carbocycles. The quantitative estimate of drug-likeness (QED) is 0.671. The van der Waals surface area contributed by atoms with Gasteiger partial charge in [-0.2, -0.15) is 0 Å². The van der Waals surface area contributed by atoms with Crippen molar-refractivity contribution in [3.63, 3.8) is 0 Å². The summed E-state index contributed by atoms with van der Waals surface area (Å²) in [4.78, 5) is 0. The maximum Gasteiger partial charge on any atom is 0.0304 e. The van der Waals surface area contributed by atoms with Gasteiger partial charge >= 0.3 is 0 Å². The number of hydrogen-bond acceptors (Lipinski definition) is 2. The van der Waals surface area contributed by atoms with Gasteiger partial charge in [-0.05, 0) is 40.0 Å². The van der Waals surface area contributed by atoms with Crippen molar-refractivity contribution in [2.45, 2.75) is 51.6 Å². The first kappa shape index (κ1) is 10.7. The van der Waals surface area contributed by atoms with Crippen LogP contribution in [0.25, 0.3) is 0 Å². The van der Waals surface area contributed by atoms with Crippen molar-refractivity contribution in [1.82, 2.24) is 10.4 Å². The summed E-state index contributed by atoms with van der Waals surface area (Å²) in [6.07, 6.45) is 5.62. The second-order valence-electron chi connectivity index (χ2n) is 4.67. The SMILES string of the molecule is C=CCC(C)(C)NN1CCCC1C. The van der Waals surface area contributed by atoms with E-state index in [1.807, 2.05) is 6.08 Å². The molecule has 2 nitrogen and oxygen atoms in total. The fraction of sp³-hybridized carbons (Fsp3) is 0.818. The molecule has 0 amide bonds. The minimum absolute atomic E-state index is 0.153. The van der Waals surface area contributed by atoms with E-state index in [4.69, 9.17) is 0 Å². The summed E-state index contributed by atoms with van der Waals surface area (Å²) in [7, 11) is 0. The van der Waals surface area contributed by atoms with Gasteiger partial charge in [-0.15, -0.1) is 6.58 Å². The molecule has 1 aliphatic heterocycles. The third-order valence-corrected chi connectivity index (χ3v) is 2.65. The van der Waals surface area contributed by atoms with E-state index in [2.05, 4.69) is 37.8 Å². The molecule has 1 saturated heterocycles. The fourth-order valence-electron chi connectivity index (χ4n) is 1.89. The fourth-order valence-corrected chi connectivity index (χ4v) is 1.89. The van der Waals surface area contributed by atoms with Crippen LogP contribution in [-0.2, 0) is 0 Å². The summed E-state index contributed by atoms with van der Waals surface area (Å²) >= 11 is 0. The highest BCUT2D eigenvalue weighted by atomic mass is 15.5. The molecule has 1 N–H and O–H groups in total. The Morgan fingerprint density at radius 3 is 2.77 bits per heavy atom. The molecule has 76 valence electrons. The van der Waals surface area contributed by atoms with Gasteiger partial charge in [0.2, 0.25) is 0 Å². The lowest BCUT2D eigenvalue weighted by molar-refractivity contribution is 0.113. The Bertz CT molecular complexity index is 175. The number of nitrogens with zero attached hydrogens (tertiary/aromatic N) is 1. The van der Waals surface area contributed by atoms with Gasteiger partial charge < -0.3 is 0 Å². The molecule has 1 rings (SSSR count). The van der Waals surface area contributed by atoms with Crippen molar-refractivity contribution in [1.29, 1.82) is 0 Å². The van der Waals surface area contributed by atoms with E-state index < -0.39 is 0 Å². The highest BCUT2D eigenvalue weighted by molar-refractivity contribution is 4.87. The number of nitrogens with one attached hydrogen (secondary N) is 1. The van der Waals surface area contributed by atoms with E-state index in [0.717, 1.165) is 6.42 Å². The van der Waals surface area contributed by atoms with Crippen LogP contribution in [0.15, 0.2) is 12.7 Å². The smallest absolute Gasteiger partial charge is 0.0304 e. The Labute approximate surface area is 82.0 Å². The summed E-state index contributed by atoms with van der Waals surface area (Å²) in [6, 6.07) is 0.684. The lowest BCUT2D eigenvalue weighted by atomic mass is 10.0. The molecule has 0 aromatic heterocycles. The lowest BCUT2D eigenvalue weighted by Gasteiger charge is -2.33. The molecule has 0 aromatic rings. The molecule has 1 heterocycles. The molecule has 0 spiro atoms. The minimum Gasteiger partial charge on any atom is -0.249 e. The van der Waals surface area contributed by atoms with E-state index in [1.165, 1.54) is 19.4 Å². The molecule has 0 aliphatic carbocycles. The average Bonchev–Trinajstić information content (AvgIpc) is 2.35. The van der Waals surface area contributed by atoms with Crippen molar-refractivity contribution < 1.29 is 0 Å². The number of hydrazine groups is 1. The second kappa shape index (κ2) is 4.25. The van der Waals surface area contributed by atoms with E-state index in [0.29, 0.717) is 6.04 Å². The molecule has 13 heavy (non-hydrogen) atoms. The van der Waals surface area contributed by atoms with Crippen molar-refractivity contribution in [2.75, 3.05) is 6.54 Å². The molecule has 1 atom stereocenters. The first-order valence-corrected chi connectivity index (χ1v) is 5.20. The van der Waals surface area contributed by atoms with Crippen LogP contribution >= 0.6 is 0 Å². The molecule has 1 unspecified atom stereocenters. The van der Waals surface area contributed by atoms with Gasteiger partial charge in [0.15, 0.2) is 0 Å². The van der Waals surface area contributed by atoms with E-state index >= 15 is 0 Å². The topological polar surface area (TPSA) is 15.3 Å². The predicted octanol–water partition coefficient (Wildman–Crippen LogP) is 2.33. The van der Waals surface area contributed by atoms with Crippen LogP contribution in [0, 0.1) is 0 Å². The Kier molecular flexibility index (Phi) is 3.51. The van der Waals surface area contributed by atoms with E-state index in [1.54, 1.807) is 0 Å². The minimum atomic E-state index is 0.153. The standard InChI is InChI=1S/C11H22N2/c1-5-8-11(3,4)12-13-9-6-7-10(13)2/h5,10,12H,1,6-9H2,2-4H3. The van der Waals surface area contributed by atoms with Crippen molar-refractivity contribution in [2.24, 2.45) is 0 Å². The monoisotopic (exact) mass is 182 g/mol. The van der Waals surface area contributed by atoms with Crippen LogP contribution in [0.2, 0.25) is 0 Å². The zero-order valence-corrected chi connectivity index (χ0v) is 9.14. The van der Waals surface area contributed by atoms with Crippen LogP contribution in [0.5, 0.6) is 0 Å². The first-order valence-electron chi connectivity index (χ1n) is 5.20. The Hall–Kier alpha value is -0.340. The molecule has 1 aliphatic rings. The van der Waals surface area contributed by atoms with Crippen molar-refractivity contribution in [3.8, 4) is 0 Å². The molecule has 2 heteroatoms. The lowest BCUT2D eigenvalue weighted by Crippen LogP contribution is -2.51. The second-order valence-corrected chi connectivity index (χ2v) is 4.67. The highest BCUT2D eigenvalue weighted by Gasteiger charge is 2.25. The first-order chi connectivity index (χ1) is 6.05. The van der Waals surface area contributed by atoms with Gasteiger partial charge in [-0.1, -0.05) is 6.08 Å². The van der Waals surface area contributed by atoms with Crippen LogP contribution in [-0.4, -0.2) is 23.1 Å². The summed E-state index contributed by atoms with van der Waals surface area (Å²) < 4.78 is 0. The zero-order valence-electron chi connectivity index (χ0n) is 9.14. The average molecular weight is 182 g/mol. The molecule has 0 radical (unpaired) electrons. The Morgan fingerprint density at radius 2 is 2.31 bits per heavy atom. The molecular formula is C11H22N2. The highest BCUT2D eigenvalue weighted by Crippen LogP contribution is 2.18. The predicted molar refractivity (Wildman–Crippen MR) is 57.4 cm³/mol. The van der Waals surface area contributed by atoms with Gasteiger partial charge in [0, 0.05) is 18.1 Å². The maximum absolute atomic E-state index is 3.78. The number of rotatable bonds is 4. The third kappa shape index (κ3) is 3.12. The van der Waals surface area contributed by atoms with Crippen LogP contribution in [0.1, 0.15) is 40.0 Å². The summed E-state index contributed by atoms with van der Waals surface area (Å²) in [5.41, 5.74) is 3.72. The van der Waals surface area contributed by atoms with Gasteiger partial charge in [0.1, 0.15) is 0 Å². The van der Waals surface area contributed by atoms with Crippen LogP contribution in [0.3, 0.4) is 0 Å². The van der Waals surface area contributed by atoms with Crippen LogP contribution < -0.4 is 5.43 Å². The van der Waals surface area contributed by atoms with E-state index in [9.17, 15) is 0 Å². The van der Waals surface area contributed by atoms with Crippen molar-refractivity contribution in [3.05, 3.63) is 12.7 Å². The maximum atomic E-state index is 3.78. The normalized spacial score (nSPS) is 25.0. The molecule has 1 fully saturated rings. The van der Waals surface area contributed by atoms with Gasteiger partial charge in [-0.25, -0.2) is 10.4 Å². The third-order valence-electron chi connectivity index (χ3n) is 2.65. The summed E-state index contributed by atoms with van der Waals surface area (Å²) in [5.74, 6) is 0. The summed E-state index contributed by atoms with van der Waals surface area (Å²) in [5, 5.41) is 2.36. The molecule has 0 saturated carbocycles. The molecular weight excluding hydrogens is 160 g/mol. The Morgan fingerprint density at radius 1 is 1.62 bits per heavy atom. The van der Waals surface area contributed by atoms with E-state index in [-0.39, 0.29) is 5.54 Å². The van der Waals surface area contributed by atoms with Crippen LogP contribution in [0.4, 0.5) is 0 Å².